The van der Waals surface area contributed by atoms with Crippen LogP contribution in [0.25, 0.3) is 0 Å². The molecule has 0 bridgehead atoms. The first-order chi connectivity index (χ1) is 7.58. The Morgan fingerprint density at radius 2 is 1.06 bits per heavy atom. The van der Waals surface area contributed by atoms with E-state index in [0.29, 0.717) is 0 Å². The van der Waals surface area contributed by atoms with Crippen LogP contribution in [0.15, 0.2) is 10.3 Å². The molecule has 0 atom stereocenters. The van der Waals surface area contributed by atoms with Gasteiger partial charge in [0, 0.05) is 0 Å². The molecule has 0 aromatic heterocycles. The second-order valence-corrected chi connectivity index (χ2v) is 8.09. The van der Waals surface area contributed by atoms with E-state index >= 15 is 0 Å². The molecule has 0 N–H and O–H groups in total. The third-order valence-corrected chi connectivity index (χ3v) is 6.74. The van der Waals surface area contributed by atoms with Crippen molar-refractivity contribution in [2.45, 2.75) is 39.9 Å². The number of hydrogen-bond acceptors (Lipinski definition) is 8. The first kappa shape index (κ1) is 14.4. The van der Waals surface area contributed by atoms with Gasteiger partial charge in [0.25, 0.3) is 0 Å². The summed E-state index contributed by atoms with van der Waals surface area (Å²) in [5.41, 5.74) is 0. The molecule has 92 valence electrons. The predicted octanol–water partition coefficient (Wildman–Crippen LogP) is 4.15. The highest BCUT2D eigenvalue weighted by Crippen LogP contribution is 2.47. The van der Waals surface area contributed by atoms with E-state index in [4.69, 9.17) is 9.68 Å². The van der Waals surface area contributed by atoms with Crippen molar-refractivity contribution in [3.63, 3.8) is 0 Å². The van der Waals surface area contributed by atoms with Gasteiger partial charge in [0.2, 0.25) is 0 Å². The van der Waals surface area contributed by atoms with Crippen LogP contribution in [0.2, 0.25) is 0 Å². The number of hydrogen-bond donors (Lipinski definition) is 0. The molecule has 16 heavy (non-hydrogen) atoms. The summed E-state index contributed by atoms with van der Waals surface area (Å²) in [6, 6.07) is 0. The summed E-state index contributed by atoms with van der Waals surface area (Å²) in [5.74, 6) is 0. The van der Waals surface area contributed by atoms with Crippen LogP contribution in [-0.2, 0) is 9.68 Å². The van der Waals surface area contributed by atoms with Gasteiger partial charge in [0.1, 0.15) is 12.2 Å². The molecule has 0 unspecified atom stereocenters. The first-order valence-corrected chi connectivity index (χ1v) is 9.04. The molecule has 1 saturated heterocycles. The van der Waals surface area contributed by atoms with Crippen LogP contribution in [-0.4, -0.2) is 21.0 Å². The highest BCUT2D eigenvalue weighted by molar-refractivity contribution is 9.09. The number of rotatable bonds is 4. The normalized spacial score (nSPS) is 16.6. The van der Waals surface area contributed by atoms with E-state index in [1.165, 1.54) is 43.2 Å². The van der Waals surface area contributed by atoms with Crippen molar-refractivity contribution in [1.29, 1.82) is 0 Å². The minimum absolute atomic E-state index is 0.114. The summed E-state index contributed by atoms with van der Waals surface area (Å²) < 4.78 is 1.79. The highest BCUT2D eigenvalue weighted by Gasteiger charge is 2.18. The van der Waals surface area contributed by atoms with E-state index < -0.39 is 0 Å². The van der Waals surface area contributed by atoms with Crippen LogP contribution in [0.4, 0.5) is 0 Å². The minimum atomic E-state index is 0.114. The van der Waals surface area contributed by atoms with Crippen LogP contribution in [0, 0.1) is 0 Å². The smallest absolute Gasteiger partial charge is 0.191 e. The molecule has 1 aliphatic rings. The third-order valence-electron chi connectivity index (χ3n) is 1.04. The van der Waals surface area contributed by atoms with E-state index in [1.807, 2.05) is 27.7 Å². The van der Waals surface area contributed by atoms with Crippen molar-refractivity contribution in [3.8, 4) is 0 Å². The molecule has 4 nitrogen and oxygen atoms in total. The first-order valence-electron chi connectivity index (χ1n) is 4.74. The molecule has 0 radical (unpaired) electrons. The molecule has 0 spiro atoms. The van der Waals surface area contributed by atoms with Crippen molar-refractivity contribution in [2.24, 2.45) is 10.3 Å². The standard InChI is InChI=1S/C8H14N2O2S4/c1-5(2)11-9-7-13-15-8(16-14-7)10-12-6(3)4/h5-6H,1-4H3. The molecular formula is C8H14N2O2S4. The van der Waals surface area contributed by atoms with Gasteiger partial charge >= 0.3 is 0 Å². The fourth-order valence-corrected chi connectivity index (χ4v) is 5.77. The Labute approximate surface area is 112 Å². The fraction of sp³-hybridized carbons (Fsp3) is 0.750. The molecule has 1 rings (SSSR count). The molecule has 0 aliphatic carbocycles. The lowest BCUT2D eigenvalue weighted by Gasteiger charge is -2.12. The Balaban J connectivity index is 2.33. The lowest BCUT2D eigenvalue weighted by atomic mass is 10.5. The zero-order chi connectivity index (χ0) is 12.0. The minimum Gasteiger partial charge on any atom is -0.392 e. The van der Waals surface area contributed by atoms with Crippen LogP contribution in [0.3, 0.4) is 0 Å². The quantitative estimate of drug-likeness (QED) is 0.573. The van der Waals surface area contributed by atoms with Crippen molar-refractivity contribution in [1.82, 2.24) is 0 Å². The van der Waals surface area contributed by atoms with E-state index in [1.54, 1.807) is 0 Å². The van der Waals surface area contributed by atoms with Crippen molar-refractivity contribution in [2.75, 3.05) is 0 Å². The maximum Gasteiger partial charge on any atom is 0.191 e. The fourth-order valence-electron chi connectivity index (χ4n) is 0.528. The second kappa shape index (κ2) is 7.62. The predicted molar refractivity (Wildman–Crippen MR) is 77.7 cm³/mol. The SMILES string of the molecule is CC(C)ON=C1SSC(=NOC(C)C)SS1. The maximum absolute atomic E-state index is 5.16. The Morgan fingerprint density at radius 3 is 1.31 bits per heavy atom. The van der Waals surface area contributed by atoms with Crippen molar-refractivity contribution >= 4 is 51.9 Å². The van der Waals surface area contributed by atoms with Gasteiger partial charge in [-0.05, 0) is 70.9 Å². The second-order valence-electron chi connectivity index (χ2n) is 3.36. The summed E-state index contributed by atoms with van der Waals surface area (Å²) >= 11 is 0. The summed E-state index contributed by atoms with van der Waals surface area (Å²) in [6.07, 6.45) is 0.228. The van der Waals surface area contributed by atoms with Crippen LogP contribution < -0.4 is 0 Å². The third kappa shape index (κ3) is 6.17. The monoisotopic (exact) mass is 298 g/mol. The lowest BCUT2D eigenvalue weighted by molar-refractivity contribution is 0.0873. The van der Waals surface area contributed by atoms with Gasteiger partial charge in [0.15, 0.2) is 8.75 Å². The molecule has 0 amide bonds. The molecule has 0 aromatic rings. The molecule has 1 aliphatic heterocycles. The Morgan fingerprint density at radius 1 is 0.750 bits per heavy atom. The van der Waals surface area contributed by atoms with Gasteiger partial charge in [-0.1, -0.05) is 10.3 Å². The highest BCUT2D eigenvalue weighted by atomic mass is 33.2. The maximum atomic E-state index is 5.16. The van der Waals surface area contributed by atoms with Gasteiger partial charge in [-0.15, -0.1) is 0 Å². The van der Waals surface area contributed by atoms with E-state index in [9.17, 15) is 0 Å². The topological polar surface area (TPSA) is 43.2 Å². The zero-order valence-electron chi connectivity index (χ0n) is 9.50. The Bertz CT molecular complexity index is 241. The summed E-state index contributed by atoms with van der Waals surface area (Å²) in [7, 11) is 6.15. The van der Waals surface area contributed by atoms with Gasteiger partial charge in [-0.2, -0.15) is 0 Å². The van der Waals surface area contributed by atoms with E-state index in [0.717, 1.165) is 8.75 Å². The van der Waals surface area contributed by atoms with E-state index in [2.05, 4.69) is 10.3 Å². The largest absolute Gasteiger partial charge is 0.392 e. The average molecular weight is 298 g/mol. The zero-order valence-corrected chi connectivity index (χ0v) is 12.8. The summed E-state index contributed by atoms with van der Waals surface area (Å²) in [4.78, 5) is 10.3. The Kier molecular flexibility index (Phi) is 6.86. The van der Waals surface area contributed by atoms with Crippen LogP contribution in [0.5, 0.6) is 0 Å². The molecule has 8 heteroatoms. The van der Waals surface area contributed by atoms with Gasteiger partial charge in [-0.3, -0.25) is 0 Å². The molecular weight excluding hydrogens is 284 g/mol. The van der Waals surface area contributed by atoms with Gasteiger partial charge < -0.3 is 9.68 Å². The van der Waals surface area contributed by atoms with Crippen LogP contribution in [0.1, 0.15) is 27.7 Å². The summed E-state index contributed by atoms with van der Waals surface area (Å²) in [6.45, 7) is 7.80. The summed E-state index contributed by atoms with van der Waals surface area (Å²) in [5, 5.41) is 8.03. The van der Waals surface area contributed by atoms with Crippen molar-refractivity contribution < 1.29 is 9.68 Å². The van der Waals surface area contributed by atoms with Gasteiger partial charge in [-0.25, -0.2) is 0 Å². The van der Waals surface area contributed by atoms with Crippen LogP contribution >= 0.6 is 43.2 Å². The average Bonchev–Trinajstić information content (AvgIpc) is 2.25. The molecule has 0 saturated carbocycles. The molecule has 1 fully saturated rings. The molecule has 1 heterocycles. The Hall–Kier alpha value is 0.340. The number of nitrogens with zero attached hydrogens (tertiary/aromatic N) is 2. The van der Waals surface area contributed by atoms with E-state index in [-0.39, 0.29) is 12.2 Å². The van der Waals surface area contributed by atoms with Gasteiger partial charge in [0.05, 0.1) is 0 Å². The number of oxime groups is 2. The lowest BCUT2D eigenvalue weighted by Crippen LogP contribution is -2.01. The molecule has 0 aromatic carbocycles. The van der Waals surface area contributed by atoms with Crippen molar-refractivity contribution in [3.05, 3.63) is 0 Å².